The normalized spacial score (nSPS) is 13.3. The zero-order chi connectivity index (χ0) is 23.7. The van der Waals surface area contributed by atoms with Crippen LogP contribution < -0.4 is 9.47 Å². The van der Waals surface area contributed by atoms with Gasteiger partial charge in [0.25, 0.3) is 0 Å². The van der Waals surface area contributed by atoms with Gasteiger partial charge in [-0.2, -0.15) is 0 Å². The molecule has 0 aromatic heterocycles. The van der Waals surface area contributed by atoms with Crippen LogP contribution in [-0.4, -0.2) is 36.4 Å². The molecule has 172 valence electrons. The molecule has 32 heavy (non-hydrogen) atoms. The van der Waals surface area contributed by atoms with Gasteiger partial charge in [-0.1, -0.05) is 31.7 Å². The molecule has 0 saturated carbocycles. The third-order valence-electron chi connectivity index (χ3n) is 4.94. The fourth-order valence-electron chi connectivity index (χ4n) is 3.04. The Morgan fingerprint density at radius 1 is 1.00 bits per heavy atom. The minimum absolute atomic E-state index is 0.114. The highest BCUT2D eigenvalue weighted by Gasteiger charge is 2.09. The number of carbonyl (C=O) groups excluding carboxylic acids is 1. The Bertz CT molecular complexity index is 991. The van der Waals surface area contributed by atoms with Gasteiger partial charge >= 0.3 is 11.9 Å². The van der Waals surface area contributed by atoms with E-state index in [4.69, 9.17) is 19.3 Å². The molecule has 0 heterocycles. The maximum Gasteiger partial charge on any atom is 0.333 e. The Balaban J connectivity index is 1.91. The number of aliphatic carboxylic acids is 1. The molecule has 0 spiro atoms. The second kappa shape index (κ2) is 11.9. The standard InChI is InChI=1S/C26H32O6/c1-17(2)26(29)31-13-11-20(5)32-24-9-7-21-6-8-23(15-22(21)16-24)30-12-10-18(3)14-19(4)25(27)28/h6-9,14-16,18,20H,1,10-13H2,2-5H3,(H,27,28)/b19-14+. The third kappa shape index (κ3) is 8.10. The summed E-state index contributed by atoms with van der Waals surface area (Å²) in [5.41, 5.74) is 0.728. The molecule has 2 atom stereocenters. The summed E-state index contributed by atoms with van der Waals surface area (Å²) in [6, 6.07) is 11.7. The second-order valence-electron chi connectivity index (χ2n) is 8.07. The van der Waals surface area contributed by atoms with Gasteiger partial charge in [0.2, 0.25) is 0 Å². The first-order valence-electron chi connectivity index (χ1n) is 10.7. The van der Waals surface area contributed by atoms with Crippen molar-refractivity contribution in [3.63, 3.8) is 0 Å². The van der Waals surface area contributed by atoms with Crippen molar-refractivity contribution >= 4 is 22.7 Å². The van der Waals surface area contributed by atoms with Crippen molar-refractivity contribution < 1.29 is 28.9 Å². The first kappa shape index (κ1) is 25.0. The molecule has 0 amide bonds. The van der Waals surface area contributed by atoms with Crippen LogP contribution in [0.2, 0.25) is 0 Å². The number of ether oxygens (including phenoxy) is 3. The highest BCUT2D eigenvalue weighted by molar-refractivity contribution is 5.87. The number of esters is 1. The Morgan fingerprint density at radius 2 is 1.66 bits per heavy atom. The first-order chi connectivity index (χ1) is 15.2. The monoisotopic (exact) mass is 440 g/mol. The molecule has 0 fully saturated rings. The molecule has 6 heteroatoms. The SMILES string of the molecule is C=C(C)C(=O)OCCC(C)Oc1ccc2ccc(OCCC(C)/C=C(\C)C(=O)O)cc2c1. The van der Waals surface area contributed by atoms with Crippen molar-refractivity contribution in [1.29, 1.82) is 0 Å². The molecule has 6 nitrogen and oxygen atoms in total. The predicted molar refractivity (Wildman–Crippen MR) is 125 cm³/mol. The number of hydrogen-bond acceptors (Lipinski definition) is 5. The summed E-state index contributed by atoms with van der Waals surface area (Å²) in [5.74, 6) is 0.310. The number of allylic oxidation sites excluding steroid dienone is 1. The quantitative estimate of drug-likeness (QED) is 0.344. The highest BCUT2D eigenvalue weighted by Crippen LogP contribution is 2.26. The van der Waals surface area contributed by atoms with E-state index >= 15 is 0 Å². The molecule has 0 radical (unpaired) electrons. The van der Waals surface area contributed by atoms with Gasteiger partial charge in [-0.25, -0.2) is 9.59 Å². The zero-order valence-electron chi connectivity index (χ0n) is 19.2. The van der Waals surface area contributed by atoms with Crippen molar-refractivity contribution in [2.75, 3.05) is 13.2 Å². The van der Waals surface area contributed by atoms with E-state index < -0.39 is 11.9 Å². The lowest BCUT2D eigenvalue weighted by molar-refractivity contribution is -0.139. The fourth-order valence-corrected chi connectivity index (χ4v) is 3.04. The Hall–Kier alpha value is -3.28. The zero-order valence-corrected chi connectivity index (χ0v) is 19.2. The molecule has 2 aromatic carbocycles. The van der Waals surface area contributed by atoms with Crippen molar-refractivity contribution in [3.05, 3.63) is 60.2 Å². The number of rotatable bonds is 12. The van der Waals surface area contributed by atoms with Crippen LogP contribution in [0.4, 0.5) is 0 Å². The van der Waals surface area contributed by atoms with Crippen LogP contribution in [0.1, 0.15) is 40.5 Å². The number of fused-ring (bicyclic) bond motifs is 1. The van der Waals surface area contributed by atoms with Crippen LogP contribution in [0.5, 0.6) is 11.5 Å². The maximum atomic E-state index is 11.4. The maximum absolute atomic E-state index is 11.4. The van der Waals surface area contributed by atoms with Crippen molar-refractivity contribution in [3.8, 4) is 11.5 Å². The van der Waals surface area contributed by atoms with E-state index in [2.05, 4.69) is 6.58 Å². The molecule has 0 bridgehead atoms. The van der Waals surface area contributed by atoms with E-state index in [9.17, 15) is 9.59 Å². The molecule has 2 unspecified atom stereocenters. The topological polar surface area (TPSA) is 82.1 Å². The van der Waals surface area contributed by atoms with E-state index in [1.165, 1.54) is 0 Å². The fraction of sp³-hybridized carbons (Fsp3) is 0.385. The molecule has 0 aliphatic carbocycles. The van der Waals surface area contributed by atoms with Crippen LogP contribution in [0, 0.1) is 5.92 Å². The Labute approximate surface area is 189 Å². The first-order valence-corrected chi connectivity index (χ1v) is 10.7. The predicted octanol–water partition coefficient (Wildman–Crippen LogP) is 5.55. The summed E-state index contributed by atoms with van der Waals surface area (Å²) in [5, 5.41) is 11.0. The molecule has 0 aliphatic rings. The molecule has 0 saturated heterocycles. The molecule has 2 rings (SSSR count). The largest absolute Gasteiger partial charge is 0.494 e. The van der Waals surface area contributed by atoms with Crippen LogP contribution >= 0.6 is 0 Å². The van der Waals surface area contributed by atoms with Gasteiger partial charge in [-0.05, 0) is 68.1 Å². The summed E-state index contributed by atoms with van der Waals surface area (Å²) in [4.78, 5) is 22.4. The van der Waals surface area contributed by atoms with Crippen molar-refractivity contribution in [2.45, 2.75) is 46.6 Å². The number of carbonyl (C=O) groups is 2. The van der Waals surface area contributed by atoms with Gasteiger partial charge in [0.15, 0.2) is 0 Å². The molecular weight excluding hydrogens is 408 g/mol. The lowest BCUT2D eigenvalue weighted by Gasteiger charge is -2.15. The van der Waals surface area contributed by atoms with Gasteiger partial charge in [0.1, 0.15) is 11.5 Å². The van der Waals surface area contributed by atoms with E-state index in [1.54, 1.807) is 19.9 Å². The van der Waals surface area contributed by atoms with Crippen LogP contribution in [-0.2, 0) is 14.3 Å². The summed E-state index contributed by atoms with van der Waals surface area (Å²) in [6.07, 6.45) is 2.93. The third-order valence-corrected chi connectivity index (χ3v) is 4.94. The lowest BCUT2D eigenvalue weighted by Crippen LogP contribution is -2.16. The van der Waals surface area contributed by atoms with Crippen molar-refractivity contribution in [1.82, 2.24) is 0 Å². The minimum atomic E-state index is -0.896. The number of carboxylic acid groups (broad SMARTS) is 1. The summed E-state index contributed by atoms with van der Waals surface area (Å²) in [6.45, 7) is 11.4. The molecule has 1 N–H and O–H groups in total. The van der Waals surface area contributed by atoms with E-state index in [1.807, 2.05) is 50.2 Å². The average molecular weight is 441 g/mol. The van der Waals surface area contributed by atoms with Crippen molar-refractivity contribution in [2.24, 2.45) is 5.92 Å². The van der Waals surface area contributed by atoms with Gasteiger partial charge in [0, 0.05) is 17.6 Å². The summed E-state index contributed by atoms with van der Waals surface area (Å²) >= 11 is 0. The molecule has 0 aliphatic heterocycles. The van der Waals surface area contributed by atoms with Crippen LogP contribution in [0.3, 0.4) is 0 Å². The second-order valence-corrected chi connectivity index (χ2v) is 8.07. The number of carboxylic acids is 1. The number of hydrogen-bond donors (Lipinski definition) is 1. The lowest BCUT2D eigenvalue weighted by atomic mass is 10.1. The molecular formula is C26H32O6. The smallest absolute Gasteiger partial charge is 0.333 e. The van der Waals surface area contributed by atoms with Gasteiger partial charge in [-0.15, -0.1) is 0 Å². The highest BCUT2D eigenvalue weighted by atomic mass is 16.5. The summed E-state index contributed by atoms with van der Waals surface area (Å²) < 4.78 is 17.0. The van der Waals surface area contributed by atoms with Gasteiger partial charge in [-0.3, -0.25) is 0 Å². The molecule has 2 aromatic rings. The average Bonchev–Trinajstić information content (AvgIpc) is 2.73. The minimum Gasteiger partial charge on any atom is -0.494 e. The van der Waals surface area contributed by atoms with Crippen LogP contribution in [0.25, 0.3) is 10.8 Å². The van der Waals surface area contributed by atoms with E-state index in [0.29, 0.717) is 24.2 Å². The van der Waals surface area contributed by atoms with Gasteiger partial charge < -0.3 is 19.3 Å². The van der Waals surface area contributed by atoms with Gasteiger partial charge in [0.05, 0.1) is 19.3 Å². The van der Waals surface area contributed by atoms with E-state index in [0.717, 1.165) is 28.7 Å². The Morgan fingerprint density at radius 3 is 2.31 bits per heavy atom. The van der Waals surface area contributed by atoms with E-state index in [-0.39, 0.29) is 18.6 Å². The summed E-state index contributed by atoms with van der Waals surface area (Å²) in [7, 11) is 0. The van der Waals surface area contributed by atoms with Crippen LogP contribution in [0.15, 0.2) is 60.2 Å². The number of benzene rings is 2. The Kier molecular flexibility index (Phi) is 9.32.